The van der Waals surface area contributed by atoms with Crippen LogP contribution in [0.5, 0.6) is 0 Å². The highest BCUT2D eigenvalue weighted by atomic mass is 35.5. The fourth-order valence-corrected chi connectivity index (χ4v) is 4.26. The maximum absolute atomic E-state index is 13.1. The van der Waals surface area contributed by atoms with E-state index in [1.807, 2.05) is 42.3 Å². The summed E-state index contributed by atoms with van der Waals surface area (Å²) in [5.41, 5.74) is 2.02. The molecule has 1 amide bonds. The summed E-state index contributed by atoms with van der Waals surface area (Å²) in [4.78, 5) is 21.6. The van der Waals surface area contributed by atoms with Crippen molar-refractivity contribution in [3.8, 4) is 0 Å². The van der Waals surface area contributed by atoms with E-state index in [1.165, 1.54) is 0 Å². The smallest absolute Gasteiger partial charge is 0.225 e. The Labute approximate surface area is 176 Å². The van der Waals surface area contributed by atoms with Crippen molar-refractivity contribution in [1.29, 1.82) is 0 Å². The molecule has 2 aromatic heterocycles. The first kappa shape index (κ1) is 19.8. The molecule has 3 heterocycles. The third kappa shape index (κ3) is 4.10. The van der Waals surface area contributed by atoms with Crippen molar-refractivity contribution in [2.24, 2.45) is 5.92 Å². The quantitative estimate of drug-likeness (QED) is 0.598. The van der Waals surface area contributed by atoms with Gasteiger partial charge in [0.25, 0.3) is 0 Å². The van der Waals surface area contributed by atoms with Crippen LogP contribution in [0.25, 0.3) is 11.0 Å². The molecule has 0 unspecified atom stereocenters. The van der Waals surface area contributed by atoms with E-state index in [4.69, 9.17) is 16.0 Å². The number of halogens is 1. The highest BCUT2D eigenvalue weighted by molar-refractivity contribution is 6.30. The maximum Gasteiger partial charge on any atom is 0.225 e. The van der Waals surface area contributed by atoms with E-state index in [1.54, 1.807) is 6.20 Å². The van der Waals surface area contributed by atoms with Crippen LogP contribution in [0, 0.1) is 5.92 Å². The van der Waals surface area contributed by atoms with E-state index in [-0.39, 0.29) is 11.8 Å². The normalized spacial score (nSPS) is 15.1. The summed E-state index contributed by atoms with van der Waals surface area (Å²) in [5, 5.41) is 1.74. The first-order chi connectivity index (χ1) is 14.1. The molecule has 0 radical (unpaired) electrons. The van der Waals surface area contributed by atoms with Crippen LogP contribution in [0.15, 0.2) is 47.0 Å². The zero-order valence-corrected chi connectivity index (χ0v) is 17.7. The summed E-state index contributed by atoms with van der Waals surface area (Å²) in [6.07, 6.45) is 4.15. The molecular formula is C23H26ClN3O2. The minimum Gasteiger partial charge on any atom is -0.461 e. The average Bonchev–Trinajstić information content (AvgIpc) is 3.11. The number of rotatable bonds is 5. The van der Waals surface area contributed by atoms with Gasteiger partial charge in [-0.3, -0.25) is 4.79 Å². The number of furan rings is 1. The van der Waals surface area contributed by atoms with Gasteiger partial charge in [0.05, 0.1) is 5.02 Å². The standard InChI is InChI=1S/C23H26ClN3O2/c1-3-20-19(18-6-4-5-7-21(18)29-20)15-26(2)23(28)16-10-12-27(13-11-16)22-9-8-17(24)14-25-22/h4-9,14,16H,3,10-13,15H2,1-2H3. The van der Waals surface area contributed by atoms with Gasteiger partial charge in [-0.25, -0.2) is 4.98 Å². The van der Waals surface area contributed by atoms with Gasteiger partial charge in [-0.15, -0.1) is 0 Å². The molecule has 0 saturated carbocycles. The Balaban J connectivity index is 1.41. The molecule has 6 heteroatoms. The second-order valence-electron chi connectivity index (χ2n) is 7.64. The average molecular weight is 412 g/mol. The highest BCUT2D eigenvalue weighted by Gasteiger charge is 2.28. The van der Waals surface area contributed by atoms with E-state index < -0.39 is 0 Å². The molecule has 0 atom stereocenters. The molecule has 1 aliphatic heterocycles. The molecular weight excluding hydrogens is 386 g/mol. The Morgan fingerprint density at radius 2 is 2.00 bits per heavy atom. The van der Waals surface area contributed by atoms with E-state index in [0.29, 0.717) is 11.6 Å². The van der Waals surface area contributed by atoms with Crippen LogP contribution in [-0.4, -0.2) is 35.9 Å². The second kappa shape index (κ2) is 8.46. The number of piperidine rings is 1. The Morgan fingerprint density at radius 1 is 1.24 bits per heavy atom. The van der Waals surface area contributed by atoms with Gasteiger partial charge in [0.2, 0.25) is 5.91 Å². The lowest BCUT2D eigenvalue weighted by molar-refractivity contribution is -0.135. The number of carbonyl (C=O) groups excluding carboxylic acids is 1. The zero-order valence-electron chi connectivity index (χ0n) is 16.9. The molecule has 0 N–H and O–H groups in total. The van der Waals surface area contributed by atoms with Crippen molar-refractivity contribution in [2.45, 2.75) is 32.7 Å². The molecule has 1 aromatic carbocycles. The summed E-state index contributed by atoms with van der Waals surface area (Å²) >= 11 is 5.93. The van der Waals surface area contributed by atoms with Crippen LogP contribution in [-0.2, 0) is 17.8 Å². The highest BCUT2D eigenvalue weighted by Crippen LogP contribution is 2.29. The molecule has 0 bridgehead atoms. The molecule has 29 heavy (non-hydrogen) atoms. The molecule has 3 aromatic rings. The summed E-state index contributed by atoms with van der Waals surface area (Å²) in [6, 6.07) is 11.8. The number of benzene rings is 1. The number of hydrogen-bond donors (Lipinski definition) is 0. The van der Waals surface area contributed by atoms with Crippen LogP contribution >= 0.6 is 11.6 Å². The third-order valence-corrected chi connectivity index (χ3v) is 5.98. The van der Waals surface area contributed by atoms with Gasteiger partial charge in [0, 0.05) is 56.2 Å². The second-order valence-corrected chi connectivity index (χ2v) is 8.08. The van der Waals surface area contributed by atoms with Crippen molar-refractivity contribution in [3.05, 3.63) is 58.9 Å². The Bertz CT molecular complexity index is 991. The largest absolute Gasteiger partial charge is 0.461 e. The van der Waals surface area contributed by atoms with Gasteiger partial charge in [0.1, 0.15) is 17.2 Å². The number of amides is 1. The predicted octanol–water partition coefficient (Wildman–Crippen LogP) is 4.92. The number of nitrogens with zero attached hydrogens (tertiary/aromatic N) is 3. The van der Waals surface area contributed by atoms with Crippen LogP contribution in [0.3, 0.4) is 0 Å². The monoisotopic (exact) mass is 411 g/mol. The van der Waals surface area contributed by atoms with Crippen LogP contribution < -0.4 is 4.90 Å². The van der Waals surface area contributed by atoms with Crippen molar-refractivity contribution in [2.75, 3.05) is 25.0 Å². The van der Waals surface area contributed by atoms with E-state index in [9.17, 15) is 4.79 Å². The number of aromatic nitrogens is 1. The topological polar surface area (TPSA) is 49.6 Å². The summed E-state index contributed by atoms with van der Waals surface area (Å²) in [6.45, 7) is 4.32. The summed E-state index contributed by atoms with van der Waals surface area (Å²) in [7, 11) is 1.90. The lowest BCUT2D eigenvalue weighted by Gasteiger charge is -2.34. The molecule has 0 spiro atoms. The number of para-hydroxylation sites is 1. The molecule has 1 saturated heterocycles. The first-order valence-electron chi connectivity index (χ1n) is 10.2. The lowest BCUT2D eigenvalue weighted by atomic mass is 9.95. The lowest BCUT2D eigenvalue weighted by Crippen LogP contribution is -2.41. The number of aryl methyl sites for hydroxylation is 1. The Kier molecular flexibility index (Phi) is 5.76. The number of hydrogen-bond acceptors (Lipinski definition) is 4. The fourth-order valence-electron chi connectivity index (χ4n) is 4.15. The third-order valence-electron chi connectivity index (χ3n) is 5.75. The molecule has 4 rings (SSSR count). The van der Waals surface area contributed by atoms with Crippen molar-refractivity contribution in [1.82, 2.24) is 9.88 Å². The zero-order chi connectivity index (χ0) is 20.4. The molecule has 0 aliphatic carbocycles. The molecule has 152 valence electrons. The van der Waals surface area contributed by atoms with Gasteiger partial charge in [-0.05, 0) is 31.0 Å². The van der Waals surface area contributed by atoms with E-state index in [0.717, 1.165) is 60.5 Å². The maximum atomic E-state index is 13.1. The van der Waals surface area contributed by atoms with Gasteiger partial charge >= 0.3 is 0 Å². The first-order valence-corrected chi connectivity index (χ1v) is 10.6. The summed E-state index contributed by atoms with van der Waals surface area (Å²) < 4.78 is 5.98. The van der Waals surface area contributed by atoms with Crippen LogP contribution in [0.2, 0.25) is 5.02 Å². The minimum absolute atomic E-state index is 0.0480. The van der Waals surface area contributed by atoms with Gasteiger partial charge in [-0.2, -0.15) is 0 Å². The summed E-state index contributed by atoms with van der Waals surface area (Å²) in [5.74, 6) is 2.15. The Hall–Kier alpha value is -2.53. The van der Waals surface area contributed by atoms with Gasteiger partial charge < -0.3 is 14.2 Å². The van der Waals surface area contributed by atoms with Crippen molar-refractivity contribution >= 4 is 34.3 Å². The van der Waals surface area contributed by atoms with Gasteiger partial charge in [-0.1, -0.05) is 36.7 Å². The van der Waals surface area contributed by atoms with Crippen LogP contribution in [0.1, 0.15) is 31.1 Å². The molecule has 5 nitrogen and oxygen atoms in total. The predicted molar refractivity (Wildman–Crippen MR) is 116 cm³/mol. The number of fused-ring (bicyclic) bond motifs is 1. The van der Waals surface area contributed by atoms with E-state index in [2.05, 4.69) is 22.9 Å². The van der Waals surface area contributed by atoms with Crippen LogP contribution in [0.4, 0.5) is 5.82 Å². The minimum atomic E-state index is 0.0480. The SMILES string of the molecule is CCc1oc2ccccc2c1CN(C)C(=O)C1CCN(c2ccc(Cl)cn2)CC1. The van der Waals surface area contributed by atoms with Crippen molar-refractivity contribution in [3.63, 3.8) is 0 Å². The number of anilines is 1. The van der Waals surface area contributed by atoms with E-state index >= 15 is 0 Å². The number of carbonyl (C=O) groups is 1. The Morgan fingerprint density at radius 3 is 2.69 bits per heavy atom. The van der Waals surface area contributed by atoms with Gasteiger partial charge in [0.15, 0.2) is 0 Å². The van der Waals surface area contributed by atoms with Crippen molar-refractivity contribution < 1.29 is 9.21 Å². The molecule has 1 aliphatic rings. The molecule has 1 fully saturated rings. The number of pyridine rings is 1. The fraction of sp³-hybridized carbons (Fsp3) is 0.391.